The van der Waals surface area contributed by atoms with Crippen LogP contribution in [0, 0.1) is 0 Å². The van der Waals surface area contributed by atoms with Crippen LogP contribution in [0.2, 0.25) is 0 Å². The first-order valence-corrected chi connectivity index (χ1v) is 4.27. The molecule has 66 valence electrons. The molecular weight excluding hydrogens is 190 g/mol. The first-order chi connectivity index (χ1) is 6.25. The highest BCUT2D eigenvalue weighted by Gasteiger charge is 2.04. The zero-order valence-electron chi connectivity index (χ0n) is 6.39. The lowest BCUT2D eigenvalue weighted by Crippen LogP contribution is -2.05. The zero-order valence-corrected chi connectivity index (χ0v) is 7.21. The minimum Gasteiger partial charge on any atom is -0.465 e. The van der Waals surface area contributed by atoms with Crippen molar-refractivity contribution in [2.24, 2.45) is 0 Å². The number of fused-ring (bicyclic) bond motifs is 1. The number of carbonyl (C=O) groups is 1. The van der Waals surface area contributed by atoms with Gasteiger partial charge in [-0.1, -0.05) is 0 Å². The summed E-state index contributed by atoms with van der Waals surface area (Å²) in [7, 11) is 0. The number of amides is 1. The standard InChI is InChI=1S/C7H5N3O2S/c11-7(12)10-6-1-4-5(13-6)2-8-3-9-4/h1-3,10H,(H,11,12). The number of anilines is 1. The molecule has 0 aliphatic heterocycles. The van der Waals surface area contributed by atoms with Crippen molar-refractivity contribution in [1.29, 1.82) is 0 Å². The zero-order chi connectivity index (χ0) is 9.26. The highest BCUT2D eigenvalue weighted by Crippen LogP contribution is 2.26. The van der Waals surface area contributed by atoms with E-state index in [2.05, 4.69) is 15.3 Å². The van der Waals surface area contributed by atoms with Crippen molar-refractivity contribution in [1.82, 2.24) is 9.97 Å². The summed E-state index contributed by atoms with van der Waals surface area (Å²) < 4.78 is 0.867. The van der Waals surface area contributed by atoms with Gasteiger partial charge in [0.1, 0.15) is 11.3 Å². The minimum absolute atomic E-state index is 0.558. The van der Waals surface area contributed by atoms with E-state index in [1.807, 2.05) is 0 Å². The third-order valence-electron chi connectivity index (χ3n) is 1.43. The van der Waals surface area contributed by atoms with Gasteiger partial charge in [-0.3, -0.25) is 5.32 Å². The average Bonchev–Trinajstić information content (AvgIpc) is 2.44. The fourth-order valence-electron chi connectivity index (χ4n) is 0.952. The van der Waals surface area contributed by atoms with Crippen molar-refractivity contribution in [2.45, 2.75) is 0 Å². The van der Waals surface area contributed by atoms with Crippen LogP contribution in [0.25, 0.3) is 10.2 Å². The maximum absolute atomic E-state index is 10.3. The van der Waals surface area contributed by atoms with Crippen LogP contribution in [0.15, 0.2) is 18.6 Å². The fraction of sp³-hybridized carbons (Fsp3) is 0. The van der Waals surface area contributed by atoms with Gasteiger partial charge in [-0.15, -0.1) is 11.3 Å². The predicted molar refractivity (Wildman–Crippen MR) is 49.1 cm³/mol. The molecule has 6 heteroatoms. The van der Waals surface area contributed by atoms with Gasteiger partial charge < -0.3 is 5.11 Å². The summed E-state index contributed by atoms with van der Waals surface area (Å²) in [4.78, 5) is 18.1. The van der Waals surface area contributed by atoms with E-state index in [4.69, 9.17) is 5.11 Å². The van der Waals surface area contributed by atoms with Crippen LogP contribution in [-0.4, -0.2) is 21.2 Å². The van der Waals surface area contributed by atoms with E-state index in [-0.39, 0.29) is 0 Å². The van der Waals surface area contributed by atoms with Gasteiger partial charge in [-0.05, 0) is 6.07 Å². The molecule has 2 rings (SSSR count). The monoisotopic (exact) mass is 195 g/mol. The van der Waals surface area contributed by atoms with Gasteiger partial charge >= 0.3 is 6.09 Å². The Labute approximate surface area is 77.1 Å². The number of nitrogens with zero attached hydrogens (tertiary/aromatic N) is 2. The number of aromatic nitrogens is 2. The number of carboxylic acid groups (broad SMARTS) is 1. The Balaban J connectivity index is 2.44. The third kappa shape index (κ3) is 1.57. The first-order valence-electron chi connectivity index (χ1n) is 3.45. The van der Waals surface area contributed by atoms with Gasteiger partial charge in [-0.25, -0.2) is 14.8 Å². The average molecular weight is 195 g/mol. The Hall–Kier alpha value is -1.69. The second kappa shape index (κ2) is 2.98. The molecule has 1 amide bonds. The van der Waals surface area contributed by atoms with Gasteiger partial charge in [0.15, 0.2) is 0 Å². The maximum Gasteiger partial charge on any atom is 0.409 e. The summed E-state index contributed by atoms with van der Waals surface area (Å²) >= 11 is 1.31. The smallest absolute Gasteiger partial charge is 0.409 e. The molecule has 0 aliphatic rings. The number of thiophene rings is 1. The highest BCUT2D eigenvalue weighted by molar-refractivity contribution is 7.22. The summed E-state index contributed by atoms with van der Waals surface area (Å²) in [5.74, 6) is 0. The molecule has 2 aromatic heterocycles. The molecule has 0 unspecified atom stereocenters. The van der Waals surface area contributed by atoms with Crippen molar-refractivity contribution < 1.29 is 9.90 Å². The molecule has 2 N–H and O–H groups in total. The topological polar surface area (TPSA) is 75.1 Å². The largest absolute Gasteiger partial charge is 0.465 e. The fourth-order valence-corrected chi connectivity index (χ4v) is 1.83. The first kappa shape index (κ1) is 7.93. The van der Waals surface area contributed by atoms with E-state index in [0.717, 1.165) is 10.2 Å². The number of hydrogen-bond donors (Lipinski definition) is 2. The molecule has 0 fully saturated rings. The summed E-state index contributed by atoms with van der Waals surface area (Å²) in [5, 5.41) is 11.3. The van der Waals surface area contributed by atoms with Crippen LogP contribution < -0.4 is 5.32 Å². The van der Waals surface area contributed by atoms with Crippen LogP contribution in [-0.2, 0) is 0 Å². The van der Waals surface area contributed by atoms with E-state index in [1.165, 1.54) is 17.7 Å². The van der Waals surface area contributed by atoms with Crippen LogP contribution >= 0.6 is 11.3 Å². The summed E-state index contributed by atoms with van der Waals surface area (Å²) in [6, 6.07) is 1.68. The Bertz CT molecular complexity index is 421. The summed E-state index contributed by atoms with van der Waals surface area (Å²) in [6.07, 6.45) is 2.01. The third-order valence-corrected chi connectivity index (χ3v) is 2.40. The quantitative estimate of drug-likeness (QED) is 0.727. The Morgan fingerprint density at radius 3 is 3.15 bits per heavy atom. The van der Waals surface area contributed by atoms with Crippen molar-refractivity contribution in [3.63, 3.8) is 0 Å². The predicted octanol–water partition coefficient (Wildman–Crippen LogP) is 1.78. The molecule has 13 heavy (non-hydrogen) atoms. The lowest BCUT2D eigenvalue weighted by molar-refractivity contribution is 0.210. The van der Waals surface area contributed by atoms with Crippen LogP contribution in [0.4, 0.5) is 9.80 Å². The van der Waals surface area contributed by atoms with Crippen molar-refractivity contribution >= 4 is 32.6 Å². The molecule has 0 aliphatic carbocycles. The molecule has 0 spiro atoms. The molecule has 0 aromatic carbocycles. The van der Waals surface area contributed by atoms with Gasteiger partial charge in [0.2, 0.25) is 0 Å². The lowest BCUT2D eigenvalue weighted by Gasteiger charge is -1.90. The normalized spacial score (nSPS) is 10.2. The van der Waals surface area contributed by atoms with E-state index >= 15 is 0 Å². The molecule has 0 bridgehead atoms. The molecule has 2 heterocycles. The number of hydrogen-bond acceptors (Lipinski definition) is 4. The van der Waals surface area contributed by atoms with E-state index in [1.54, 1.807) is 12.3 Å². The van der Waals surface area contributed by atoms with Crippen LogP contribution in [0.1, 0.15) is 0 Å². The molecule has 0 saturated heterocycles. The van der Waals surface area contributed by atoms with Crippen LogP contribution in [0.5, 0.6) is 0 Å². The molecule has 0 radical (unpaired) electrons. The van der Waals surface area contributed by atoms with Crippen molar-refractivity contribution in [3.8, 4) is 0 Å². The van der Waals surface area contributed by atoms with Gasteiger partial charge in [-0.2, -0.15) is 0 Å². The molecule has 5 nitrogen and oxygen atoms in total. The van der Waals surface area contributed by atoms with Crippen molar-refractivity contribution in [2.75, 3.05) is 5.32 Å². The van der Waals surface area contributed by atoms with Gasteiger partial charge in [0.05, 0.1) is 10.2 Å². The van der Waals surface area contributed by atoms with Gasteiger partial charge in [0.25, 0.3) is 0 Å². The SMILES string of the molecule is O=C(O)Nc1cc2ncncc2s1. The lowest BCUT2D eigenvalue weighted by atomic mass is 10.5. The highest BCUT2D eigenvalue weighted by atomic mass is 32.1. The Morgan fingerprint density at radius 2 is 2.46 bits per heavy atom. The molecule has 0 saturated carbocycles. The summed E-state index contributed by atoms with van der Waals surface area (Å²) in [5.41, 5.74) is 0.753. The maximum atomic E-state index is 10.3. The molecule has 0 atom stereocenters. The molecule has 2 aromatic rings. The van der Waals surface area contributed by atoms with E-state index < -0.39 is 6.09 Å². The Kier molecular flexibility index (Phi) is 1.82. The second-order valence-corrected chi connectivity index (χ2v) is 3.40. The van der Waals surface area contributed by atoms with Gasteiger partial charge in [0, 0.05) is 6.20 Å². The number of nitrogens with one attached hydrogen (secondary N) is 1. The number of rotatable bonds is 1. The minimum atomic E-state index is -1.07. The van der Waals surface area contributed by atoms with Crippen LogP contribution in [0.3, 0.4) is 0 Å². The van der Waals surface area contributed by atoms with Crippen molar-refractivity contribution in [3.05, 3.63) is 18.6 Å². The second-order valence-electron chi connectivity index (χ2n) is 2.31. The summed E-state index contributed by atoms with van der Waals surface area (Å²) in [6.45, 7) is 0. The van der Waals surface area contributed by atoms with E-state index in [0.29, 0.717) is 5.00 Å². The van der Waals surface area contributed by atoms with E-state index in [9.17, 15) is 4.79 Å². The Morgan fingerprint density at radius 1 is 1.62 bits per heavy atom. The molecular formula is C7H5N3O2S.